The van der Waals surface area contributed by atoms with Crippen LogP contribution in [-0.2, 0) is 19.1 Å². The number of likely N-dealkylation sites (tertiary alicyclic amines) is 1. The molecule has 3 aliphatic rings. The lowest BCUT2D eigenvalue weighted by molar-refractivity contribution is -0.150. The average molecular weight is 388 g/mol. The van der Waals surface area contributed by atoms with E-state index in [1.54, 1.807) is 17.0 Å². The first-order chi connectivity index (χ1) is 13.5. The van der Waals surface area contributed by atoms with Crippen LogP contribution in [0.1, 0.15) is 50.2 Å². The average Bonchev–Trinajstić information content (AvgIpc) is 2.93. The van der Waals surface area contributed by atoms with Crippen molar-refractivity contribution in [3.05, 3.63) is 35.6 Å². The lowest BCUT2D eigenvalue weighted by Crippen LogP contribution is -2.48. The fraction of sp³-hybridized carbons (Fsp3) is 0.571. The van der Waals surface area contributed by atoms with Gasteiger partial charge in [0.05, 0.1) is 18.6 Å². The Hall–Kier alpha value is -2.28. The van der Waals surface area contributed by atoms with E-state index in [9.17, 15) is 18.8 Å². The van der Waals surface area contributed by atoms with E-state index in [1.807, 2.05) is 0 Å². The summed E-state index contributed by atoms with van der Waals surface area (Å²) in [6.07, 6.45) is 4.40. The van der Waals surface area contributed by atoms with Crippen molar-refractivity contribution in [1.29, 1.82) is 0 Å². The highest BCUT2D eigenvalue weighted by atomic mass is 19.1. The smallest absolute Gasteiger partial charge is 0.242 e. The minimum absolute atomic E-state index is 0.172. The molecule has 0 radical (unpaired) electrons. The number of amides is 3. The Bertz CT molecular complexity index is 773. The standard InChI is InChI=1S/C21H25FN2O4/c22-16-6-4-15(5-7-16)17-13-23(10-11-28-17)19(26)14-24-18(25)12-21(20(24)27)8-2-1-3-9-21/h4-7,17H,1-3,8-14H2. The number of halogens is 1. The molecule has 1 spiro atoms. The van der Waals surface area contributed by atoms with Gasteiger partial charge in [-0.1, -0.05) is 31.4 Å². The minimum atomic E-state index is -0.572. The number of hydrogen-bond acceptors (Lipinski definition) is 4. The molecule has 1 atom stereocenters. The lowest BCUT2D eigenvalue weighted by atomic mass is 9.73. The maximum Gasteiger partial charge on any atom is 0.242 e. The molecule has 2 aliphatic heterocycles. The van der Waals surface area contributed by atoms with Crippen molar-refractivity contribution >= 4 is 17.7 Å². The maximum absolute atomic E-state index is 13.1. The molecule has 0 bridgehead atoms. The van der Waals surface area contributed by atoms with E-state index in [-0.39, 0.29) is 42.6 Å². The number of morpholine rings is 1. The van der Waals surface area contributed by atoms with Gasteiger partial charge in [0.15, 0.2) is 0 Å². The molecule has 1 aliphatic carbocycles. The third-order valence-corrected chi connectivity index (χ3v) is 6.25. The van der Waals surface area contributed by atoms with Gasteiger partial charge in [-0.25, -0.2) is 4.39 Å². The van der Waals surface area contributed by atoms with Crippen LogP contribution < -0.4 is 0 Å². The topological polar surface area (TPSA) is 66.9 Å². The summed E-state index contributed by atoms with van der Waals surface area (Å²) >= 11 is 0. The van der Waals surface area contributed by atoms with E-state index in [4.69, 9.17) is 4.74 Å². The van der Waals surface area contributed by atoms with Gasteiger partial charge < -0.3 is 9.64 Å². The van der Waals surface area contributed by atoms with Gasteiger partial charge >= 0.3 is 0 Å². The van der Waals surface area contributed by atoms with Crippen LogP contribution in [0.2, 0.25) is 0 Å². The van der Waals surface area contributed by atoms with Gasteiger partial charge in [0, 0.05) is 13.0 Å². The van der Waals surface area contributed by atoms with Gasteiger partial charge in [-0.05, 0) is 30.5 Å². The SMILES string of the molecule is O=C(CN1C(=O)CC2(CCCCC2)C1=O)N1CCOC(c2ccc(F)cc2)C1. The Labute approximate surface area is 163 Å². The van der Waals surface area contributed by atoms with Crippen LogP contribution in [0.5, 0.6) is 0 Å². The van der Waals surface area contributed by atoms with Crippen molar-refractivity contribution in [2.24, 2.45) is 5.41 Å². The summed E-state index contributed by atoms with van der Waals surface area (Å²) in [6, 6.07) is 6.03. The fourth-order valence-electron chi connectivity index (χ4n) is 4.63. The fourth-order valence-corrected chi connectivity index (χ4v) is 4.63. The van der Waals surface area contributed by atoms with Crippen LogP contribution >= 0.6 is 0 Å². The zero-order valence-electron chi connectivity index (χ0n) is 15.9. The summed E-state index contributed by atoms with van der Waals surface area (Å²) in [7, 11) is 0. The van der Waals surface area contributed by atoms with Crippen molar-refractivity contribution < 1.29 is 23.5 Å². The van der Waals surface area contributed by atoms with Crippen LogP contribution in [0.25, 0.3) is 0 Å². The zero-order chi connectivity index (χ0) is 19.7. The number of rotatable bonds is 3. The molecule has 7 heteroatoms. The Kier molecular flexibility index (Phi) is 5.19. The highest BCUT2D eigenvalue weighted by Crippen LogP contribution is 2.45. The monoisotopic (exact) mass is 388 g/mol. The molecule has 0 N–H and O–H groups in total. The van der Waals surface area contributed by atoms with Crippen molar-refractivity contribution in [3.8, 4) is 0 Å². The predicted molar refractivity (Wildman–Crippen MR) is 98.5 cm³/mol. The van der Waals surface area contributed by atoms with Gasteiger partial charge in [-0.2, -0.15) is 0 Å². The first kappa shape index (κ1) is 19.1. The second-order valence-electron chi connectivity index (χ2n) is 8.05. The second kappa shape index (κ2) is 7.62. The molecule has 1 aromatic rings. The maximum atomic E-state index is 13.1. The normalized spacial score (nSPS) is 24.8. The Morgan fingerprint density at radius 1 is 1.14 bits per heavy atom. The van der Waals surface area contributed by atoms with E-state index < -0.39 is 5.41 Å². The van der Waals surface area contributed by atoms with Gasteiger partial charge in [0.25, 0.3) is 0 Å². The van der Waals surface area contributed by atoms with E-state index in [2.05, 4.69) is 0 Å². The van der Waals surface area contributed by atoms with E-state index >= 15 is 0 Å². The highest BCUT2D eigenvalue weighted by Gasteiger charge is 2.52. The van der Waals surface area contributed by atoms with Crippen molar-refractivity contribution in [3.63, 3.8) is 0 Å². The van der Waals surface area contributed by atoms with Crippen molar-refractivity contribution in [2.45, 2.75) is 44.6 Å². The number of carbonyl (C=O) groups excluding carboxylic acids is 3. The van der Waals surface area contributed by atoms with Crippen molar-refractivity contribution in [1.82, 2.24) is 9.80 Å². The van der Waals surface area contributed by atoms with Gasteiger partial charge in [0.2, 0.25) is 17.7 Å². The zero-order valence-corrected chi connectivity index (χ0v) is 15.9. The molecule has 3 amide bonds. The molecular weight excluding hydrogens is 363 g/mol. The van der Waals surface area contributed by atoms with Crippen LogP contribution in [0.3, 0.4) is 0 Å². The summed E-state index contributed by atoms with van der Waals surface area (Å²) in [6.45, 7) is 0.902. The van der Waals surface area contributed by atoms with Gasteiger partial charge in [-0.3, -0.25) is 19.3 Å². The van der Waals surface area contributed by atoms with E-state index in [0.29, 0.717) is 19.7 Å². The first-order valence-electron chi connectivity index (χ1n) is 9.98. The predicted octanol–water partition coefficient (Wildman–Crippen LogP) is 2.44. The molecule has 2 heterocycles. The number of benzene rings is 1. The highest BCUT2D eigenvalue weighted by molar-refractivity contribution is 6.08. The molecule has 0 aromatic heterocycles. The molecule has 1 unspecified atom stereocenters. The molecular formula is C21H25FN2O4. The third kappa shape index (κ3) is 3.55. The van der Waals surface area contributed by atoms with Crippen LogP contribution in [0, 0.1) is 11.2 Å². The number of carbonyl (C=O) groups is 3. The molecule has 150 valence electrons. The second-order valence-corrected chi connectivity index (χ2v) is 8.05. The minimum Gasteiger partial charge on any atom is -0.370 e. The molecule has 1 saturated carbocycles. The Balaban J connectivity index is 1.41. The third-order valence-electron chi connectivity index (χ3n) is 6.25. The lowest BCUT2D eigenvalue weighted by Gasteiger charge is -2.34. The summed E-state index contributed by atoms with van der Waals surface area (Å²) in [5, 5.41) is 0. The van der Waals surface area contributed by atoms with Crippen LogP contribution in [-0.4, -0.2) is 53.8 Å². The summed E-state index contributed by atoms with van der Waals surface area (Å²) < 4.78 is 18.9. The number of imide groups is 1. The summed E-state index contributed by atoms with van der Waals surface area (Å²) in [5.74, 6) is -0.974. The first-order valence-corrected chi connectivity index (χ1v) is 9.98. The number of nitrogens with zero attached hydrogens (tertiary/aromatic N) is 2. The van der Waals surface area contributed by atoms with E-state index in [1.165, 1.54) is 12.1 Å². The summed E-state index contributed by atoms with van der Waals surface area (Å²) in [4.78, 5) is 41.0. The van der Waals surface area contributed by atoms with E-state index in [0.717, 1.165) is 42.6 Å². The van der Waals surface area contributed by atoms with Gasteiger partial charge in [-0.15, -0.1) is 0 Å². The number of hydrogen-bond donors (Lipinski definition) is 0. The molecule has 3 fully saturated rings. The molecule has 4 rings (SSSR count). The Morgan fingerprint density at radius 3 is 2.57 bits per heavy atom. The largest absolute Gasteiger partial charge is 0.370 e. The molecule has 6 nitrogen and oxygen atoms in total. The summed E-state index contributed by atoms with van der Waals surface area (Å²) in [5.41, 5.74) is 0.227. The molecule has 1 aromatic carbocycles. The van der Waals surface area contributed by atoms with Gasteiger partial charge in [0.1, 0.15) is 18.5 Å². The molecule has 2 saturated heterocycles. The molecule has 28 heavy (non-hydrogen) atoms. The van der Waals surface area contributed by atoms with Crippen molar-refractivity contribution in [2.75, 3.05) is 26.2 Å². The van der Waals surface area contributed by atoms with Crippen LogP contribution in [0.15, 0.2) is 24.3 Å². The Morgan fingerprint density at radius 2 is 1.86 bits per heavy atom. The quantitative estimate of drug-likeness (QED) is 0.746. The van der Waals surface area contributed by atoms with Crippen LogP contribution in [0.4, 0.5) is 4.39 Å². The number of ether oxygens (including phenoxy) is 1.